The van der Waals surface area contributed by atoms with Crippen molar-refractivity contribution in [1.29, 1.82) is 0 Å². The molecular formula is C17H35IN4O2. The van der Waals surface area contributed by atoms with Gasteiger partial charge < -0.3 is 20.3 Å². The zero-order valence-electron chi connectivity index (χ0n) is 15.5. The van der Waals surface area contributed by atoms with Gasteiger partial charge in [0.25, 0.3) is 0 Å². The first kappa shape index (κ1) is 23.3. The second-order valence-electron chi connectivity index (χ2n) is 5.93. The summed E-state index contributed by atoms with van der Waals surface area (Å²) < 4.78 is 5.05. The van der Waals surface area contributed by atoms with E-state index < -0.39 is 0 Å². The molecule has 1 rings (SSSR count). The number of likely N-dealkylation sites (tertiary alicyclic amines) is 1. The monoisotopic (exact) mass is 454 g/mol. The van der Waals surface area contributed by atoms with Gasteiger partial charge in [-0.2, -0.15) is 0 Å². The number of carbonyl (C=O) groups excluding carboxylic acids is 1. The average molecular weight is 454 g/mol. The van der Waals surface area contributed by atoms with Gasteiger partial charge in [-0.05, 0) is 33.1 Å². The normalized spacial score (nSPS) is 15.6. The van der Waals surface area contributed by atoms with Crippen molar-refractivity contribution in [1.82, 2.24) is 15.5 Å². The lowest BCUT2D eigenvalue weighted by Gasteiger charge is -2.32. The summed E-state index contributed by atoms with van der Waals surface area (Å²) >= 11 is 0. The highest BCUT2D eigenvalue weighted by Gasteiger charge is 2.23. The first-order valence-corrected chi connectivity index (χ1v) is 9.17. The second kappa shape index (κ2) is 14.6. The Morgan fingerprint density at radius 2 is 1.88 bits per heavy atom. The van der Waals surface area contributed by atoms with E-state index in [4.69, 9.17) is 4.74 Å². The third-order valence-corrected chi connectivity index (χ3v) is 3.99. The van der Waals surface area contributed by atoms with Crippen LogP contribution < -0.4 is 10.6 Å². The number of carbonyl (C=O) groups is 1. The summed E-state index contributed by atoms with van der Waals surface area (Å²) in [5.74, 6) is 0.901. The molecule has 24 heavy (non-hydrogen) atoms. The molecule has 1 saturated heterocycles. The van der Waals surface area contributed by atoms with E-state index in [2.05, 4.69) is 29.5 Å². The fourth-order valence-corrected chi connectivity index (χ4v) is 2.66. The maximum Gasteiger partial charge on any atom is 0.409 e. The largest absolute Gasteiger partial charge is 0.450 e. The van der Waals surface area contributed by atoms with Crippen LogP contribution >= 0.6 is 24.0 Å². The van der Waals surface area contributed by atoms with Crippen molar-refractivity contribution in [3.05, 3.63) is 0 Å². The van der Waals surface area contributed by atoms with Crippen LogP contribution in [0.4, 0.5) is 4.79 Å². The summed E-state index contributed by atoms with van der Waals surface area (Å²) in [7, 11) is 0. The maximum atomic E-state index is 11.7. The van der Waals surface area contributed by atoms with E-state index in [0.29, 0.717) is 12.6 Å². The van der Waals surface area contributed by atoms with Crippen LogP contribution in [0, 0.1) is 0 Å². The second-order valence-corrected chi connectivity index (χ2v) is 5.93. The maximum absolute atomic E-state index is 11.7. The third kappa shape index (κ3) is 9.54. The predicted octanol–water partition coefficient (Wildman–Crippen LogP) is 3.36. The highest BCUT2D eigenvalue weighted by Crippen LogP contribution is 2.11. The van der Waals surface area contributed by atoms with Crippen molar-refractivity contribution in [2.45, 2.75) is 65.3 Å². The number of unbranched alkanes of at least 4 members (excludes halogenated alkanes) is 3. The average Bonchev–Trinajstić information content (AvgIpc) is 2.55. The van der Waals surface area contributed by atoms with Crippen LogP contribution in [-0.2, 0) is 4.74 Å². The SMILES string of the molecule is CCCCCCN=C(NCC)NC1CCN(C(=O)OCC)CC1.I. The molecule has 142 valence electrons. The Morgan fingerprint density at radius 3 is 2.46 bits per heavy atom. The highest BCUT2D eigenvalue weighted by molar-refractivity contribution is 14.0. The lowest BCUT2D eigenvalue weighted by molar-refractivity contribution is 0.0963. The summed E-state index contributed by atoms with van der Waals surface area (Å²) in [6.45, 7) is 9.80. The van der Waals surface area contributed by atoms with Crippen LogP contribution in [0.3, 0.4) is 0 Å². The van der Waals surface area contributed by atoms with Crippen molar-refractivity contribution in [2.24, 2.45) is 4.99 Å². The molecule has 2 N–H and O–H groups in total. The summed E-state index contributed by atoms with van der Waals surface area (Å²) in [4.78, 5) is 18.1. The van der Waals surface area contributed by atoms with Crippen LogP contribution in [0.5, 0.6) is 0 Å². The highest BCUT2D eigenvalue weighted by atomic mass is 127. The number of ether oxygens (including phenoxy) is 1. The molecular weight excluding hydrogens is 419 g/mol. The van der Waals surface area contributed by atoms with Gasteiger partial charge in [-0.3, -0.25) is 4.99 Å². The molecule has 0 aromatic carbocycles. The van der Waals surface area contributed by atoms with Crippen LogP contribution in [-0.4, -0.2) is 55.8 Å². The van der Waals surface area contributed by atoms with Gasteiger partial charge in [-0.25, -0.2) is 4.79 Å². The molecule has 0 bridgehead atoms. The summed E-state index contributed by atoms with van der Waals surface area (Å²) in [5, 5.41) is 6.81. The quantitative estimate of drug-likeness (QED) is 0.256. The van der Waals surface area contributed by atoms with Crippen molar-refractivity contribution in [2.75, 3.05) is 32.8 Å². The van der Waals surface area contributed by atoms with Crippen LogP contribution in [0.15, 0.2) is 4.99 Å². The molecule has 1 heterocycles. The number of amides is 1. The Kier molecular flexibility index (Phi) is 14.2. The minimum atomic E-state index is -0.192. The molecule has 6 nitrogen and oxygen atoms in total. The zero-order valence-corrected chi connectivity index (χ0v) is 17.8. The minimum absolute atomic E-state index is 0. The van der Waals surface area contributed by atoms with Crippen LogP contribution in [0.1, 0.15) is 59.3 Å². The Balaban J connectivity index is 0.00000529. The number of rotatable bonds is 8. The molecule has 0 aromatic rings. The van der Waals surface area contributed by atoms with Gasteiger partial charge in [-0.15, -0.1) is 24.0 Å². The molecule has 1 amide bonds. The van der Waals surface area contributed by atoms with E-state index in [1.54, 1.807) is 4.90 Å². The number of aliphatic imine (C=N–C) groups is 1. The molecule has 7 heteroatoms. The number of nitrogens with zero attached hydrogens (tertiary/aromatic N) is 2. The summed E-state index contributed by atoms with van der Waals surface area (Å²) in [6.07, 6.45) is 6.59. The van der Waals surface area contributed by atoms with Crippen LogP contribution in [0.2, 0.25) is 0 Å². The van der Waals surface area contributed by atoms with Crippen LogP contribution in [0.25, 0.3) is 0 Å². The predicted molar refractivity (Wildman–Crippen MR) is 110 cm³/mol. The zero-order chi connectivity index (χ0) is 16.9. The number of guanidine groups is 1. The topological polar surface area (TPSA) is 66.0 Å². The van der Waals surface area contributed by atoms with E-state index in [0.717, 1.165) is 51.4 Å². The molecule has 0 spiro atoms. The van der Waals surface area contributed by atoms with E-state index in [-0.39, 0.29) is 30.1 Å². The first-order valence-electron chi connectivity index (χ1n) is 9.17. The Labute approximate surface area is 164 Å². The number of hydrogen-bond acceptors (Lipinski definition) is 3. The Bertz CT molecular complexity index is 358. The molecule has 0 unspecified atom stereocenters. The fourth-order valence-electron chi connectivity index (χ4n) is 2.66. The first-order chi connectivity index (χ1) is 11.2. The van der Waals surface area contributed by atoms with E-state index in [1.165, 1.54) is 19.3 Å². The van der Waals surface area contributed by atoms with Gasteiger partial charge in [0, 0.05) is 32.2 Å². The van der Waals surface area contributed by atoms with Gasteiger partial charge in [-0.1, -0.05) is 26.2 Å². The smallest absolute Gasteiger partial charge is 0.409 e. The molecule has 0 aliphatic carbocycles. The molecule has 1 fully saturated rings. The van der Waals surface area contributed by atoms with Gasteiger partial charge in [0.15, 0.2) is 5.96 Å². The molecule has 0 saturated carbocycles. The lowest BCUT2D eigenvalue weighted by atomic mass is 10.1. The lowest BCUT2D eigenvalue weighted by Crippen LogP contribution is -2.49. The van der Waals surface area contributed by atoms with Crippen molar-refractivity contribution in [3.63, 3.8) is 0 Å². The van der Waals surface area contributed by atoms with Gasteiger partial charge in [0.1, 0.15) is 0 Å². The minimum Gasteiger partial charge on any atom is -0.450 e. The summed E-state index contributed by atoms with van der Waals surface area (Å²) in [5.41, 5.74) is 0. The molecule has 1 aliphatic rings. The third-order valence-electron chi connectivity index (χ3n) is 3.99. The van der Waals surface area contributed by atoms with Crippen molar-refractivity contribution < 1.29 is 9.53 Å². The number of nitrogens with one attached hydrogen (secondary N) is 2. The van der Waals surface area contributed by atoms with Crippen molar-refractivity contribution >= 4 is 36.0 Å². The molecule has 0 atom stereocenters. The van der Waals surface area contributed by atoms with E-state index in [9.17, 15) is 4.79 Å². The number of piperidine rings is 1. The fraction of sp³-hybridized carbons (Fsp3) is 0.882. The number of halogens is 1. The Hall–Kier alpha value is -0.730. The van der Waals surface area contributed by atoms with Gasteiger partial charge in [0.2, 0.25) is 0 Å². The van der Waals surface area contributed by atoms with E-state index in [1.807, 2.05) is 6.92 Å². The molecule has 0 aromatic heterocycles. The van der Waals surface area contributed by atoms with E-state index >= 15 is 0 Å². The van der Waals surface area contributed by atoms with Crippen molar-refractivity contribution in [3.8, 4) is 0 Å². The summed E-state index contributed by atoms with van der Waals surface area (Å²) in [6, 6.07) is 0.370. The number of hydrogen-bond donors (Lipinski definition) is 2. The standard InChI is InChI=1S/C17H34N4O2.HI/c1-4-7-8-9-12-19-16(18-5-2)20-15-10-13-21(14-11-15)17(22)23-6-3;/h15H,4-14H2,1-3H3,(H2,18,19,20);1H. The van der Waals surface area contributed by atoms with Gasteiger partial charge in [0.05, 0.1) is 6.61 Å². The molecule has 1 aliphatic heterocycles. The molecule has 0 radical (unpaired) electrons. The Morgan fingerprint density at radius 1 is 1.17 bits per heavy atom. The van der Waals surface area contributed by atoms with Gasteiger partial charge >= 0.3 is 6.09 Å².